The van der Waals surface area contributed by atoms with Gasteiger partial charge in [0.25, 0.3) is 0 Å². The number of benzene rings is 1. The van der Waals surface area contributed by atoms with Crippen LogP contribution in [0.1, 0.15) is 39.9 Å². The molecule has 2 aromatic rings. The Bertz CT molecular complexity index is 676. The molecule has 0 unspecified atom stereocenters. The molecule has 6 heteroatoms. The van der Waals surface area contributed by atoms with Crippen molar-refractivity contribution in [2.45, 2.75) is 20.3 Å². The summed E-state index contributed by atoms with van der Waals surface area (Å²) < 4.78 is 6.57. The lowest BCUT2D eigenvalue weighted by atomic mass is 10.2. The van der Waals surface area contributed by atoms with E-state index in [2.05, 4.69) is 5.10 Å². The fourth-order valence-electron chi connectivity index (χ4n) is 1.88. The molecular weight excluding hydrogens is 272 g/mol. The summed E-state index contributed by atoms with van der Waals surface area (Å²) in [5.74, 6) is -1.49. The number of carbonyl (C=O) groups is 2. The minimum atomic E-state index is -1.09. The third-order valence-corrected chi connectivity index (χ3v) is 2.87. The molecule has 1 aromatic carbocycles. The molecule has 0 aliphatic rings. The van der Waals surface area contributed by atoms with E-state index in [0.717, 1.165) is 6.42 Å². The smallest absolute Gasteiger partial charge is 0.356 e. The molecule has 0 aliphatic carbocycles. The zero-order chi connectivity index (χ0) is 15.4. The van der Waals surface area contributed by atoms with Crippen molar-refractivity contribution in [3.05, 3.63) is 47.3 Å². The molecule has 0 saturated heterocycles. The summed E-state index contributed by atoms with van der Waals surface area (Å²) in [6.07, 6.45) is 0.756. The molecule has 0 saturated carbocycles. The number of nitrogens with zero attached hydrogens (tertiary/aromatic N) is 2. The van der Waals surface area contributed by atoms with Gasteiger partial charge in [-0.25, -0.2) is 14.3 Å². The van der Waals surface area contributed by atoms with Crippen molar-refractivity contribution in [3.8, 4) is 5.69 Å². The fraction of sp³-hybridized carbons (Fsp3) is 0.267. The maximum absolute atomic E-state index is 11.8. The Morgan fingerprint density at radius 1 is 1.33 bits per heavy atom. The van der Waals surface area contributed by atoms with Crippen LogP contribution < -0.4 is 0 Å². The Labute approximate surface area is 122 Å². The first-order valence-electron chi connectivity index (χ1n) is 6.60. The first-order chi connectivity index (χ1) is 10.0. The summed E-state index contributed by atoms with van der Waals surface area (Å²) in [4.78, 5) is 22.8. The van der Waals surface area contributed by atoms with Gasteiger partial charge in [-0.15, -0.1) is 0 Å². The molecule has 1 heterocycles. The van der Waals surface area contributed by atoms with Crippen LogP contribution in [-0.4, -0.2) is 33.4 Å². The predicted octanol–water partition coefficient (Wildman–Crippen LogP) is 2.45. The molecule has 21 heavy (non-hydrogen) atoms. The highest BCUT2D eigenvalue weighted by atomic mass is 16.5. The van der Waals surface area contributed by atoms with Crippen molar-refractivity contribution in [3.63, 3.8) is 0 Å². The zero-order valence-electron chi connectivity index (χ0n) is 11.9. The number of aromatic carboxylic acids is 1. The molecule has 0 atom stereocenters. The Hall–Kier alpha value is -2.63. The van der Waals surface area contributed by atoms with E-state index in [0.29, 0.717) is 23.6 Å². The van der Waals surface area contributed by atoms with Gasteiger partial charge in [-0.1, -0.05) is 13.0 Å². The lowest BCUT2D eigenvalue weighted by molar-refractivity contribution is 0.0504. The predicted molar refractivity (Wildman–Crippen MR) is 75.8 cm³/mol. The first kappa shape index (κ1) is 14.8. The summed E-state index contributed by atoms with van der Waals surface area (Å²) in [7, 11) is 0. The van der Waals surface area contributed by atoms with Gasteiger partial charge >= 0.3 is 11.9 Å². The van der Waals surface area contributed by atoms with Gasteiger partial charge in [0.1, 0.15) is 0 Å². The van der Waals surface area contributed by atoms with Gasteiger partial charge in [0, 0.05) is 5.69 Å². The number of esters is 1. The number of carboxylic acids is 1. The molecule has 110 valence electrons. The fourth-order valence-corrected chi connectivity index (χ4v) is 1.88. The van der Waals surface area contributed by atoms with Crippen molar-refractivity contribution >= 4 is 11.9 Å². The first-order valence-corrected chi connectivity index (χ1v) is 6.60. The SMILES string of the molecule is CCCOC(=O)c1cccc(-n2nc(C(=O)O)cc2C)c1. The standard InChI is InChI=1S/C15H16N2O4/c1-3-7-21-15(20)11-5-4-6-12(9-11)17-10(2)8-13(16-17)14(18)19/h4-6,8-9H,3,7H2,1-2H3,(H,18,19). The van der Waals surface area contributed by atoms with Crippen molar-refractivity contribution in [1.82, 2.24) is 9.78 Å². The Balaban J connectivity index is 2.33. The van der Waals surface area contributed by atoms with Crippen LogP contribution in [-0.2, 0) is 4.74 Å². The highest BCUT2D eigenvalue weighted by Crippen LogP contribution is 2.15. The topological polar surface area (TPSA) is 81.4 Å². The Kier molecular flexibility index (Phi) is 4.37. The van der Waals surface area contributed by atoms with Crippen LogP contribution in [0.25, 0.3) is 5.69 Å². The van der Waals surface area contributed by atoms with E-state index in [-0.39, 0.29) is 5.69 Å². The Morgan fingerprint density at radius 2 is 2.10 bits per heavy atom. The van der Waals surface area contributed by atoms with Gasteiger partial charge in [-0.2, -0.15) is 5.10 Å². The molecule has 0 spiro atoms. The second kappa shape index (κ2) is 6.21. The summed E-state index contributed by atoms with van der Waals surface area (Å²) in [5, 5.41) is 13.0. The molecule has 0 aliphatic heterocycles. The minimum Gasteiger partial charge on any atom is -0.476 e. The number of carboxylic acid groups (broad SMARTS) is 1. The number of carbonyl (C=O) groups excluding carboxylic acids is 1. The highest BCUT2D eigenvalue weighted by Gasteiger charge is 2.13. The molecule has 2 rings (SSSR count). The van der Waals surface area contributed by atoms with Crippen LogP contribution in [0.15, 0.2) is 30.3 Å². The zero-order valence-corrected chi connectivity index (χ0v) is 11.9. The Morgan fingerprint density at radius 3 is 2.71 bits per heavy atom. The van der Waals surface area contributed by atoms with Crippen molar-refractivity contribution in [2.75, 3.05) is 6.61 Å². The van der Waals surface area contributed by atoms with Gasteiger partial charge in [-0.05, 0) is 37.6 Å². The number of hydrogen-bond acceptors (Lipinski definition) is 4. The average Bonchev–Trinajstić information content (AvgIpc) is 2.87. The van der Waals surface area contributed by atoms with Gasteiger partial charge in [0.05, 0.1) is 17.9 Å². The lowest BCUT2D eigenvalue weighted by Crippen LogP contribution is -2.08. The third-order valence-electron chi connectivity index (χ3n) is 2.87. The normalized spacial score (nSPS) is 10.4. The molecule has 6 nitrogen and oxygen atoms in total. The van der Waals surface area contributed by atoms with Crippen molar-refractivity contribution in [1.29, 1.82) is 0 Å². The van der Waals surface area contributed by atoms with Gasteiger partial charge in [0.15, 0.2) is 5.69 Å². The highest BCUT2D eigenvalue weighted by molar-refractivity contribution is 5.90. The molecule has 0 bridgehead atoms. The number of ether oxygens (including phenoxy) is 1. The maximum atomic E-state index is 11.8. The number of rotatable bonds is 5. The second-order valence-electron chi connectivity index (χ2n) is 4.57. The second-order valence-corrected chi connectivity index (χ2v) is 4.57. The van der Waals surface area contributed by atoms with Crippen LogP contribution in [0.3, 0.4) is 0 Å². The monoisotopic (exact) mass is 288 g/mol. The molecule has 1 aromatic heterocycles. The van der Waals surface area contributed by atoms with Crippen LogP contribution in [0.4, 0.5) is 0 Å². The van der Waals surface area contributed by atoms with E-state index in [9.17, 15) is 9.59 Å². The number of aromatic nitrogens is 2. The summed E-state index contributed by atoms with van der Waals surface area (Å²) in [5.41, 5.74) is 1.66. The van der Waals surface area contributed by atoms with E-state index < -0.39 is 11.9 Å². The van der Waals surface area contributed by atoms with E-state index in [1.165, 1.54) is 10.7 Å². The number of hydrogen-bond donors (Lipinski definition) is 1. The van der Waals surface area contributed by atoms with Crippen LogP contribution in [0.2, 0.25) is 0 Å². The van der Waals surface area contributed by atoms with Crippen molar-refractivity contribution in [2.24, 2.45) is 0 Å². The maximum Gasteiger partial charge on any atom is 0.356 e. The molecule has 0 radical (unpaired) electrons. The number of aryl methyl sites for hydroxylation is 1. The lowest BCUT2D eigenvalue weighted by Gasteiger charge is -2.07. The third kappa shape index (κ3) is 3.28. The summed E-state index contributed by atoms with van der Waals surface area (Å²) >= 11 is 0. The minimum absolute atomic E-state index is 0.0357. The van der Waals surface area contributed by atoms with Gasteiger partial charge in [-0.3, -0.25) is 0 Å². The summed E-state index contributed by atoms with van der Waals surface area (Å²) in [6.45, 7) is 4.04. The van der Waals surface area contributed by atoms with Crippen LogP contribution >= 0.6 is 0 Å². The quantitative estimate of drug-likeness (QED) is 0.855. The van der Waals surface area contributed by atoms with E-state index in [4.69, 9.17) is 9.84 Å². The largest absolute Gasteiger partial charge is 0.476 e. The van der Waals surface area contributed by atoms with E-state index in [1.807, 2.05) is 6.92 Å². The van der Waals surface area contributed by atoms with E-state index in [1.54, 1.807) is 31.2 Å². The van der Waals surface area contributed by atoms with Crippen molar-refractivity contribution < 1.29 is 19.4 Å². The van der Waals surface area contributed by atoms with Crippen LogP contribution in [0, 0.1) is 6.92 Å². The van der Waals surface area contributed by atoms with Gasteiger partial charge in [0.2, 0.25) is 0 Å². The average molecular weight is 288 g/mol. The molecule has 1 N–H and O–H groups in total. The molecule has 0 amide bonds. The molecule has 0 fully saturated rings. The molecular formula is C15H16N2O4. The van der Waals surface area contributed by atoms with Gasteiger partial charge < -0.3 is 9.84 Å². The van der Waals surface area contributed by atoms with E-state index >= 15 is 0 Å². The van der Waals surface area contributed by atoms with Crippen LogP contribution in [0.5, 0.6) is 0 Å². The summed E-state index contributed by atoms with van der Waals surface area (Å²) in [6, 6.07) is 8.22.